The van der Waals surface area contributed by atoms with Crippen molar-refractivity contribution in [3.8, 4) is 22.8 Å². The Morgan fingerprint density at radius 2 is 1.84 bits per heavy atom. The van der Waals surface area contributed by atoms with Gasteiger partial charge in [0.25, 0.3) is 5.89 Å². The Hall–Kier alpha value is -2.92. The molecule has 0 atom stereocenters. The van der Waals surface area contributed by atoms with E-state index in [1.54, 1.807) is 18.3 Å². The predicted molar refractivity (Wildman–Crippen MR) is 97.6 cm³/mol. The van der Waals surface area contributed by atoms with Crippen LogP contribution in [0.5, 0.6) is 0 Å². The minimum absolute atomic E-state index is 0.130. The van der Waals surface area contributed by atoms with Crippen molar-refractivity contribution >= 4 is 22.5 Å². The molecule has 4 aromatic rings. The molecule has 0 aliphatic rings. The maximum atomic E-state index is 12.8. The smallest absolute Gasteiger partial charge is 0.263 e. The van der Waals surface area contributed by atoms with Gasteiger partial charge in [-0.05, 0) is 31.2 Å². The topological polar surface area (TPSA) is 60.9 Å². The fourth-order valence-corrected chi connectivity index (χ4v) is 3.06. The van der Waals surface area contributed by atoms with Crippen molar-refractivity contribution in [1.82, 2.24) is 14.7 Å². The highest BCUT2D eigenvalue weighted by Gasteiger charge is 2.17. The van der Waals surface area contributed by atoms with Gasteiger partial charge in [0, 0.05) is 23.7 Å². The lowest BCUT2D eigenvalue weighted by molar-refractivity contribution is 0.431. The van der Waals surface area contributed by atoms with E-state index in [1.165, 1.54) is 0 Å². The van der Waals surface area contributed by atoms with Crippen molar-refractivity contribution in [2.24, 2.45) is 0 Å². The molecule has 0 aliphatic carbocycles. The van der Waals surface area contributed by atoms with E-state index in [0.29, 0.717) is 27.4 Å². The van der Waals surface area contributed by atoms with Crippen LogP contribution in [-0.2, 0) is 6.54 Å². The van der Waals surface area contributed by atoms with Crippen LogP contribution in [-0.4, -0.2) is 14.7 Å². The van der Waals surface area contributed by atoms with Gasteiger partial charge in [0.2, 0.25) is 11.3 Å². The highest BCUT2D eigenvalue weighted by molar-refractivity contribution is 6.33. The van der Waals surface area contributed by atoms with Gasteiger partial charge in [-0.3, -0.25) is 4.79 Å². The molecule has 6 heteroatoms. The first-order chi connectivity index (χ1) is 12.2. The summed E-state index contributed by atoms with van der Waals surface area (Å²) in [6.45, 7) is 2.74. The number of hydrogen-bond acceptors (Lipinski definition) is 4. The monoisotopic (exact) mass is 351 g/mol. The third-order valence-electron chi connectivity index (χ3n) is 4.10. The maximum absolute atomic E-state index is 12.8. The summed E-state index contributed by atoms with van der Waals surface area (Å²) < 4.78 is 7.35. The van der Waals surface area contributed by atoms with Crippen molar-refractivity contribution in [3.63, 3.8) is 0 Å². The van der Waals surface area contributed by atoms with Crippen LogP contribution in [0.2, 0.25) is 5.02 Å². The number of rotatable bonds is 3. The molecule has 0 radical (unpaired) electrons. The quantitative estimate of drug-likeness (QED) is 0.549. The Kier molecular flexibility index (Phi) is 3.86. The lowest BCUT2D eigenvalue weighted by Crippen LogP contribution is -2.11. The molecule has 0 amide bonds. The molecule has 0 N–H and O–H groups in total. The number of para-hydroxylation sites is 1. The lowest BCUT2D eigenvalue weighted by Gasteiger charge is -2.09. The summed E-state index contributed by atoms with van der Waals surface area (Å²) in [6, 6.07) is 14.7. The molecule has 4 rings (SSSR count). The average molecular weight is 352 g/mol. The fourth-order valence-electron chi connectivity index (χ4n) is 2.84. The molecule has 0 spiro atoms. The zero-order valence-electron chi connectivity index (χ0n) is 13.4. The van der Waals surface area contributed by atoms with E-state index in [4.69, 9.17) is 16.1 Å². The zero-order valence-corrected chi connectivity index (χ0v) is 14.2. The number of nitrogens with zero attached hydrogens (tertiary/aromatic N) is 3. The van der Waals surface area contributed by atoms with Crippen LogP contribution in [0.1, 0.15) is 6.92 Å². The molecule has 0 unspecified atom stereocenters. The van der Waals surface area contributed by atoms with Gasteiger partial charge < -0.3 is 9.09 Å². The highest BCUT2D eigenvalue weighted by Crippen LogP contribution is 2.27. The molecule has 0 aliphatic heterocycles. The number of halogens is 1. The Balaban J connectivity index is 1.90. The number of aromatic nitrogens is 3. The van der Waals surface area contributed by atoms with Crippen LogP contribution in [0.4, 0.5) is 0 Å². The fraction of sp³-hybridized carbons (Fsp3) is 0.105. The van der Waals surface area contributed by atoms with Gasteiger partial charge in [0.05, 0.1) is 10.5 Å². The van der Waals surface area contributed by atoms with Crippen LogP contribution < -0.4 is 5.43 Å². The van der Waals surface area contributed by atoms with E-state index in [-0.39, 0.29) is 11.3 Å². The number of fused-ring (bicyclic) bond motifs is 1. The van der Waals surface area contributed by atoms with Crippen molar-refractivity contribution in [3.05, 3.63) is 70.0 Å². The summed E-state index contributed by atoms with van der Waals surface area (Å²) in [4.78, 5) is 17.2. The van der Waals surface area contributed by atoms with Gasteiger partial charge in [0.15, 0.2) is 0 Å². The number of pyridine rings is 1. The van der Waals surface area contributed by atoms with Crippen LogP contribution in [0.15, 0.2) is 64.0 Å². The minimum atomic E-state index is -0.130. The normalized spacial score (nSPS) is 11.1. The molecule has 0 bridgehead atoms. The Bertz CT molecular complexity index is 1130. The first-order valence-corrected chi connectivity index (χ1v) is 8.28. The van der Waals surface area contributed by atoms with Crippen LogP contribution >= 0.6 is 11.6 Å². The van der Waals surface area contributed by atoms with E-state index < -0.39 is 0 Å². The summed E-state index contributed by atoms with van der Waals surface area (Å²) in [6.07, 6.45) is 1.76. The zero-order chi connectivity index (χ0) is 17.4. The van der Waals surface area contributed by atoms with Crippen molar-refractivity contribution in [1.29, 1.82) is 0 Å². The minimum Gasteiger partial charge on any atom is -0.347 e. The number of aryl methyl sites for hydroxylation is 1. The third kappa shape index (κ3) is 2.62. The second-order valence-electron chi connectivity index (χ2n) is 5.58. The standard InChI is InChI=1S/C19H14ClN3O2/c1-2-23-11-14(17(24)13-8-4-6-10-16(13)23)19-21-18(22-25-19)12-7-3-5-9-15(12)20/h3-11H,2H2,1H3. The van der Waals surface area contributed by atoms with E-state index >= 15 is 0 Å². The summed E-state index contributed by atoms with van der Waals surface area (Å²) >= 11 is 6.18. The molecule has 0 fully saturated rings. The summed E-state index contributed by atoms with van der Waals surface area (Å²) in [5.41, 5.74) is 1.79. The molecular weight excluding hydrogens is 338 g/mol. The number of hydrogen-bond donors (Lipinski definition) is 0. The predicted octanol–water partition coefficient (Wildman–Crippen LogP) is 4.39. The first-order valence-electron chi connectivity index (χ1n) is 7.90. The van der Waals surface area contributed by atoms with Crippen LogP contribution in [0, 0.1) is 0 Å². The number of benzene rings is 2. The van der Waals surface area contributed by atoms with E-state index in [2.05, 4.69) is 10.1 Å². The molecule has 0 saturated carbocycles. The molecule has 124 valence electrons. The third-order valence-corrected chi connectivity index (χ3v) is 4.43. The molecule has 25 heavy (non-hydrogen) atoms. The Morgan fingerprint density at radius 3 is 2.64 bits per heavy atom. The second-order valence-corrected chi connectivity index (χ2v) is 5.99. The van der Waals surface area contributed by atoms with E-state index in [9.17, 15) is 4.79 Å². The highest BCUT2D eigenvalue weighted by atomic mass is 35.5. The molecule has 2 aromatic heterocycles. The molecular formula is C19H14ClN3O2. The molecule has 2 aromatic carbocycles. The Morgan fingerprint density at radius 1 is 1.08 bits per heavy atom. The Labute approximate surface area is 148 Å². The molecule has 5 nitrogen and oxygen atoms in total. The largest absolute Gasteiger partial charge is 0.347 e. The lowest BCUT2D eigenvalue weighted by atomic mass is 10.1. The van der Waals surface area contributed by atoms with E-state index in [1.807, 2.05) is 47.9 Å². The summed E-state index contributed by atoms with van der Waals surface area (Å²) in [5.74, 6) is 0.545. The van der Waals surface area contributed by atoms with Gasteiger partial charge in [-0.1, -0.05) is 41.0 Å². The summed E-state index contributed by atoms with van der Waals surface area (Å²) in [7, 11) is 0. The van der Waals surface area contributed by atoms with Crippen molar-refractivity contribution in [2.45, 2.75) is 13.5 Å². The summed E-state index contributed by atoms with van der Waals surface area (Å²) in [5, 5.41) is 5.13. The van der Waals surface area contributed by atoms with Gasteiger partial charge in [-0.15, -0.1) is 0 Å². The van der Waals surface area contributed by atoms with Gasteiger partial charge in [0.1, 0.15) is 5.56 Å². The van der Waals surface area contributed by atoms with Crippen molar-refractivity contribution < 1.29 is 4.52 Å². The van der Waals surface area contributed by atoms with Crippen LogP contribution in [0.3, 0.4) is 0 Å². The van der Waals surface area contributed by atoms with Gasteiger partial charge >= 0.3 is 0 Å². The van der Waals surface area contributed by atoms with E-state index in [0.717, 1.165) is 12.1 Å². The maximum Gasteiger partial charge on any atom is 0.263 e. The average Bonchev–Trinajstić information content (AvgIpc) is 3.12. The van der Waals surface area contributed by atoms with Crippen molar-refractivity contribution in [2.75, 3.05) is 0 Å². The first kappa shape index (κ1) is 15.6. The van der Waals surface area contributed by atoms with Gasteiger partial charge in [-0.2, -0.15) is 4.98 Å². The second kappa shape index (κ2) is 6.18. The molecule has 2 heterocycles. The van der Waals surface area contributed by atoms with Crippen LogP contribution in [0.25, 0.3) is 33.7 Å². The van der Waals surface area contributed by atoms with Gasteiger partial charge in [-0.25, -0.2) is 0 Å². The molecule has 0 saturated heterocycles. The SMILES string of the molecule is CCn1cc(-c2nc(-c3ccccc3Cl)no2)c(=O)c2ccccc21.